The van der Waals surface area contributed by atoms with Gasteiger partial charge in [-0.25, -0.2) is 0 Å². The van der Waals surface area contributed by atoms with Crippen LogP contribution in [0.3, 0.4) is 0 Å². The largest absolute Gasteiger partial charge is 0.446 e. The second kappa shape index (κ2) is 11.0. The van der Waals surface area contributed by atoms with Crippen LogP contribution in [0.5, 0.6) is 0 Å². The zero-order chi connectivity index (χ0) is 23.8. The number of nitro groups is 1. The summed E-state index contributed by atoms with van der Waals surface area (Å²) in [7, 11) is 0. The minimum absolute atomic E-state index is 0.153. The van der Waals surface area contributed by atoms with Crippen molar-refractivity contribution in [1.29, 1.82) is 0 Å². The normalized spacial score (nSPS) is 11.2. The van der Waals surface area contributed by atoms with Crippen LogP contribution in [-0.4, -0.2) is 29.3 Å². The summed E-state index contributed by atoms with van der Waals surface area (Å²) in [5, 5.41) is 16.0. The van der Waals surface area contributed by atoms with Crippen molar-refractivity contribution < 1.29 is 24.0 Å². The lowest BCUT2D eigenvalue weighted by Crippen LogP contribution is -2.33. The molecule has 33 heavy (non-hydrogen) atoms. The Kier molecular flexibility index (Phi) is 7.87. The molecule has 2 amide bonds. The number of rotatable bonds is 8. The van der Waals surface area contributed by atoms with Gasteiger partial charge in [-0.05, 0) is 34.1 Å². The van der Waals surface area contributed by atoms with Gasteiger partial charge in [0.25, 0.3) is 17.5 Å². The van der Waals surface area contributed by atoms with E-state index in [1.165, 1.54) is 18.2 Å². The molecule has 0 spiro atoms. The molecule has 3 aromatic carbocycles. The number of carbonyl (C=O) groups is 3. The number of nitrogens with one attached hydrogen (secondary N) is 2. The topological polar surface area (TPSA) is 128 Å². The molecule has 0 saturated carbocycles. The molecule has 1 unspecified atom stereocenters. The highest BCUT2D eigenvalue weighted by Gasteiger charge is 2.26. The molecule has 0 fully saturated rings. The van der Waals surface area contributed by atoms with Crippen molar-refractivity contribution in [2.75, 3.05) is 11.9 Å². The number of nitrogens with zero attached hydrogens (tertiary/aromatic N) is 1. The van der Waals surface area contributed by atoms with Crippen LogP contribution in [0.2, 0.25) is 0 Å². The number of non-ortho nitro benzene ring substituents is 1. The summed E-state index contributed by atoms with van der Waals surface area (Å²) in [4.78, 5) is 47.8. The van der Waals surface area contributed by atoms with Crippen molar-refractivity contribution in [2.24, 2.45) is 0 Å². The van der Waals surface area contributed by atoms with Gasteiger partial charge in [0.15, 0.2) is 0 Å². The maximum absolute atomic E-state index is 12.9. The maximum atomic E-state index is 12.9. The lowest BCUT2D eigenvalue weighted by atomic mass is 10.1. The first-order chi connectivity index (χ1) is 15.8. The summed E-state index contributed by atoms with van der Waals surface area (Å²) < 4.78 is 5.66. The van der Waals surface area contributed by atoms with Gasteiger partial charge in [-0.15, -0.1) is 0 Å². The average molecular weight is 512 g/mol. The van der Waals surface area contributed by atoms with Crippen LogP contribution in [0.25, 0.3) is 0 Å². The summed E-state index contributed by atoms with van der Waals surface area (Å²) in [6.07, 6.45) is -1.31. The van der Waals surface area contributed by atoms with Crippen LogP contribution in [0.4, 0.5) is 11.4 Å². The van der Waals surface area contributed by atoms with Gasteiger partial charge in [-0.3, -0.25) is 24.5 Å². The molecule has 1 atom stereocenters. The van der Waals surface area contributed by atoms with Gasteiger partial charge in [0.2, 0.25) is 6.10 Å². The fraction of sp³-hybridized carbons (Fsp3) is 0.0870. The summed E-state index contributed by atoms with van der Waals surface area (Å²) in [6, 6.07) is 20.5. The summed E-state index contributed by atoms with van der Waals surface area (Å²) in [6.45, 7) is -0.439. The van der Waals surface area contributed by atoms with Crippen molar-refractivity contribution in [1.82, 2.24) is 5.32 Å². The molecule has 3 aromatic rings. The van der Waals surface area contributed by atoms with Gasteiger partial charge < -0.3 is 15.4 Å². The second-order valence-electron chi connectivity index (χ2n) is 6.74. The van der Waals surface area contributed by atoms with Crippen LogP contribution in [0.15, 0.2) is 83.3 Å². The highest BCUT2D eigenvalue weighted by molar-refractivity contribution is 9.10. The Labute approximate surface area is 197 Å². The summed E-state index contributed by atoms with van der Waals surface area (Å²) in [5.74, 6) is -1.94. The lowest BCUT2D eigenvalue weighted by molar-refractivity contribution is -0.384. The van der Waals surface area contributed by atoms with E-state index in [0.29, 0.717) is 15.6 Å². The fourth-order valence-electron chi connectivity index (χ4n) is 2.84. The zero-order valence-electron chi connectivity index (χ0n) is 17.1. The third kappa shape index (κ3) is 6.47. The quantitative estimate of drug-likeness (QED) is 0.267. The number of halogens is 1. The molecule has 0 aromatic heterocycles. The first kappa shape index (κ1) is 23.6. The Morgan fingerprint density at radius 1 is 0.970 bits per heavy atom. The third-order valence-electron chi connectivity index (χ3n) is 4.44. The van der Waals surface area contributed by atoms with E-state index in [1.807, 2.05) is 0 Å². The van der Waals surface area contributed by atoms with E-state index in [-0.39, 0.29) is 11.4 Å². The summed E-state index contributed by atoms with van der Waals surface area (Å²) >= 11 is 3.19. The van der Waals surface area contributed by atoms with Gasteiger partial charge in [0.05, 0.1) is 10.6 Å². The Hall–Kier alpha value is -4.05. The van der Waals surface area contributed by atoms with E-state index in [2.05, 4.69) is 26.6 Å². The van der Waals surface area contributed by atoms with Crippen molar-refractivity contribution in [2.45, 2.75) is 6.10 Å². The number of amides is 2. The molecule has 0 radical (unpaired) electrons. The van der Waals surface area contributed by atoms with E-state index in [1.54, 1.807) is 60.7 Å². The highest BCUT2D eigenvalue weighted by atomic mass is 79.9. The van der Waals surface area contributed by atoms with Crippen LogP contribution < -0.4 is 10.6 Å². The van der Waals surface area contributed by atoms with Crippen molar-refractivity contribution >= 4 is 45.1 Å². The Morgan fingerprint density at radius 2 is 1.61 bits per heavy atom. The monoisotopic (exact) mass is 511 g/mol. The smallest absolute Gasteiger partial charge is 0.326 e. The van der Waals surface area contributed by atoms with E-state index >= 15 is 0 Å². The predicted molar refractivity (Wildman–Crippen MR) is 123 cm³/mol. The second-order valence-corrected chi connectivity index (χ2v) is 7.59. The van der Waals surface area contributed by atoms with Gasteiger partial charge in [0.1, 0.15) is 6.54 Å². The van der Waals surface area contributed by atoms with E-state index in [0.717, 1.165) is 0 Å². The molecule has 0 bridgehead atoms. The predicted octanol–water partition coefficient (Wildman–Crippen LogP) is 4.01. The average Bonchev–Trinajstić information content (AvgIpc) is 2.83. The molecule has 0 heterocycles. The number of esters is 1. The van der Waals surface area contributed by atoms with Crippen molar-refractivity contribution in [3.05, 3.63) is 105 Å². The number of anilines is 1. The fourth-order valence-corrected chi connectivity index (χ4v) is 3.30. The van der Waals surface area contributed by atoms with Gasteiger partial charge in [0, 0.05) is 27.7 Å². The first-order valence-corrected chi connectivity index (χ1v) is 10.5. The number of carbonyl (C=O) groups excluding carboxylic acids is 3. The van der Waals surface area contributed by atoms with Crippen LogP contribution in [0, 0.1) is 10.1 Å². The van der Waals surface area contributed by atoms with E-state index < -0.39 is 35.4 Å². The first-order valence-electron chi connectivity index (χ1n) is 9.67. The molecule has 0 aliphatic carbocycles. The van der Waals surface area contributed by atoms with Crippen molar-refractivity contribution in [3.63, 3.8) is 0 Å². The number of benzene rings is 3. The van der Waals surface area contributed by atoms with Gasteiger partial charge >= 0.3 is 5.97 Å². The standard InChI is InChI=1S/C23H18BrN3O6/c24-18-13-17(27(31)32)11-12-19(18)26-23(30)21(15-7-3-1-4-8-15)33-20(28)14-25-22(29)16-9-5-2-6-10-16/h1-13,21H,14H2,(H,25,29)(H,26,30). The number of ether oxygens (including phenoxy) is 1. The Morgan fingerprint density at radius 3 is 2.21 bits per heavy atom. The molecular formula is C23H18BrN3O6. The van der Waals surface area contributed by atoms with Crippen LogP contribution >= 0.6 is 15.9 Å². The molecule has 9 nitrogen and oxygen atoms in total. The lowest BCUT2D eigenvalue weighted by Gasteiger charge is -2.19. The van der Waals surface area contributed by atoms with E-state index in [4.69, 9.17) is 4.74 Å². The minimum Gasteiger partial charge on any atom is -0.446 e. The number of hydrogen-bond acceptors (Lipinski definition) is 6. The molecule has 0 saturated heterocycles. The zero-order valence-corrected chi connectivity index (χ0v) is 18.7. The van der Waals surface area contributed by atoms with E-state index in [9.17, 15) is 24.5 Å². The van der Waals surface area contributed by atoms with Gasteiger partial charge in [-0.1, -0.05) is 48.5 Å². The third-order valence-corrected chi connectivity index (χ3v) is 5.10. The number of nitro benzene ring substituents is 1. The van der Waals surface area contributed by atoms with Crippen molar-refractivity contribution in [3.8, 4) is 0 Å². The SMILES string of the molecule is O=C(CNC(=O)c1ccccc1)OC(C(=O)Nc1ccc([N+](=O)[O-])cc1Br)c1ccccc1. The Balaban J connectivity index is 1.71. The highest BCUT2D eigenvalue weighted by Crippen LogP contribution is 2.29. The molecular weight excluding hydrogens is 494 g/mol. The molecule has 168 valence electrons. The molecule has 2 N–H and O–H groups in total. The van der Waals surface area contributed by atoms with Crippen LogP contribution in [-0.2, 0) is 14.3 Å². The number of hydrogen-bond donors (Lipinski definition) is 2. The molecule has 0 aliphatic rings. The molecule has 0 aliphatic heterocycles. The summed E-state index contributed by atoms with van der Waals surface area (Å²) in [5.41, 5.74) is 0.904. The Bertz CT molecular complexity index is 1170. The minimum atomic E-state index is -1.31. The van der Waals surface area contributed by atoms with Gasteiger partial charge in [-0.2, -0.15) is 0 Å². The van der Waals surface area contributed by atoms with Crippen LogP contribution in [0.1, 0.15) is 22.0 Å². The molecule has 10 heteroatoms. The molecule has 3 rings (SSSR count). The maximum Gasteiger partial charge on any atom is 0.326 e.